The lowest BCUT2D eigenvalue weighted by Gasteiger charge is -2.27. The van der Waals surface area contributed by atoms with Crippen LogP contribution in [0.3, 0.4) is 0 Å². The molecular formula is C24H24Br4N4O6. The molecule has 4 amide bonds. The zero-order chi connectivity index (χ0) is 27.7. The number of ether oxygens (including phenoxy) is 2. The number of halogens is 4. The molecule has 38 heavy (non-hydrogen) atoms. The molecule has 0 spiro atoms. The molecule has 0 heterocycles. The van der Waals surface area contributed by atoms with Crippen molar-refractivity contribution in [3.05, 3.63) is 54.3 Å². The number of hydrogen-bond donors (Lipinski definition) is 4. The summed E-state index contributed by atoms with van der Waals surface area (Å²) in [5.74, 6) is -1.36. The van der Waals surface area contributed by atoms with Crippen molar-refractivity contribution in [1.82, 2.24) is 21.7 Å². The number of hydrogen-bond acceptors (Lipinski definition) is 6. The Morgan fingerprint density at radius 1 is 0.632 bits per heavy atom. The van der Waals surface area contributed by atoms with Gasteiger partial charge in [-0.25, -0.2) is 0 Å². The highest BCUT2D eigenvalue weighted by Gasteiger charge is 2.30. The van der Waals surface area contributed by atoms with E-state index < -0.39 is 11.8 Å². The van der Waals surface area contributed by atoms with Crippen LogP contribution in [0.4, 0.5) is 0 Å². The van der Waals surface area contributed by atoms with Crippen LogP contribution >= 0.6 is 63.7 Å². The minimum Gasteiger partial charge on any atom is -0.483 e. The van der Waals surface area contributed by atoms with E-state index in [-0.39, 0.29) is 36.9 Å². The average Bonchev–Trinajstić information content (AvgIpc) is 2.89. The van der Waals surface area contributed by atoms with Crippen LogP contribution < -0.4 is 31.2 Å². The minimum absolute atomic E-state index is 0.273. The van der Waals surface area contributed by atoms with Crippen LogP contribution in [-0.4, -0.2) is 36.8 Å². The lowest BCUT2D eigenvalue weighted by atomic mass is 9.81. The Hall–Kier alpha value is -2.16. The van der Waals surface area contributed by atoms with Crippen molar-refractivity contribution in [3.63, 3.8) is 0 Å². The zero-order valence-electron chi connectivity index (χ0n) is 19.8. The van der Waals surface area contributed by atoms with E-state index >= 15 is 0 Å². The molecule has 1 fully saturated rings. The van der Waals surface area contributed by atoms with Gasteiger partial charge in [0.05, 0.1) is 8.95 Å². The number of amides is 4. The maximum Gasteiger partial charge on any atom is 0.276 e. The van der Waals surface area contributed by atoms with E-state index in [4.69, 9.17) is 9.47 Å². The van der Waals surface area contributed by atoms with Crippen molar-refractivity contribution in [1.29, 1.82) is 0 Å². The van der Waals surface area contributed by atoms with Gasteiger partial charge in [0, 0.05) is 20.8 Å². The van der Waals surface area contributed by atoms with Gasteiger partial charge in [-0.3, -0.25) is 40.9 Å². The molecule has 204 valence electrons. The largest absolute Gasteiger partial charge is 0.483 e. The van der Waals surface area contributed by atoms with Crippen LogP contribution in [0.1, 0.15) is 25.7 Å². The van der Waals surface area contributed by atoms with Gasteiger partial charge in [-0.05, 0) is 93.9 Å². The van der Waals surface area contributed by atoms with Crippen LogP contribution in [-0.2, 0) is 19.2 Å². The van der Waals surface area contributed by atoms with E-state index in [9.17, 15) is 19.2 Å². The van der Waals surface area contributed by atoms with E-state index in [1.165, 1.54) is 0 Å². The standard InChI is InChI=1S/C24H24Br4N4O6/c25-15-5-7-19(17(27)9-15)37-11-21(33)29-31-23(35)13-1-2-14(4-3-13)24(36)32-30-22(34)12-38-20-8-6-16(26)10-18(20)28/h5-10,13-14H,1-4,11-12H2,(H,29,33)(H,30,34)(H,31,35)(H,32,36). The lowest BCUT2D eigenvalue weighted by molar-refractivity contribution is -0.135. The molecule has 10 nitrogen and oxygen atoms in total. The highest BCUT2D eigenvalue weighted by atomic mass is 79.9. The monoisotopic (exact) mass is 780 g/mol. The van der Waals surface area contributed by atoms with Crippen molar-refractivity contribution < 1.29 is 28.7 Å². The predicted molar refractivity (Wildman–Crippen MR) is 153 cm³/mol. The predicted octanol–water partition coefficient (Wildman–Crippen LogP) is 4.30. The van der Waals surface area contributed by atoms with Gasteiger partial charge >= 0.3 is 0 Å². The molecule has 1 saturated carbocycles. The second kappa shape index (κ2) is 14.8. The van der Waals surface area contributed by atoms with E-state index in [2.05, 4.69) is 85.4 Å². The summed E-state index contributed by atoms with van der Waals surface area (Å²) in [7, 11) is 0. The molecule has 1 aliphatic rings. The number of hydrazine groups is 2. The Labute approximate surface area is 252 Å². The van der Waals surface area contributed by atoms with Crippen LogP contribution in [0, 0.1) is 11.8 Å². The summed E-state index contributed by atoms with van der Waals surface area (Å²) < 4.78 is 14.0. The number of carbonyl (C=O) groups excluding carboxylic acids is 4. The first-order chi connectivity index (χ1) is 18.1. The third kappa shape index (κ3) is 9.54. The second-order valence-electron chi connectivity index (χ2n) is 8.35. The van der Waals surface area contributed by atoms with Gasteiger partial charge in [0.15, 0.2) is 13.2 Å². The van der Waals surface area contributed by atoms with Crippen molar-refractivity contribution in [2.24, 2.45) is 11.8 Å². The smallest absolute Gasteiger partial charge is 0.276 e. The fourth-order valence-corrected chi connectivity index (χ4v) is 5.95. The van der Waals surface area contributed by atoms with Gasteiger partial charge < -0.3 is 9.47 Å². The fourth-order valence-electron chi connectivity index (χ4n) is 3.63. The third-order valence-corrected chi connectivity index (χ3v) is 7.85. The molecule has 1 aliphatic carbocycles. The van der Waals surface area contributed by atoms with Crippen LogP contribution in [0.25, 0.3) is 0 Å². The maximum absolute atomic E-state index is 12.4. The summed E-state index contributed by atoms with van der Waals surface area (Å²) >= 11 is 13.4. The Balaban J connectivity index is 1.31. The van der Waals surface area contributed by atoms with Crippen LogP contribution in [0.2, 0.25) is 0 Å². The number of rotatable bonds is 8. The number of carbonyl (C=O) groups is 4. The van der Waals surface area contributed by atoms with E-state index in [1.54, 1.807) is 36.4 Å². The summed E-state index contributed by atoms with van der Waals surface area (Å²) in [6.45, 7) is -0.546. The molecule has 3 rings (SSSR count). The first-order valence-corrected chi connectivity index (χ1v) is 14.6. The average molecular weight is 784 g/mol. The molecular weight excluding hydrogens is 760 g/mol. The van der Waals surface area contributed by atoms with Gasteiger partial charge in [-0.2, -0.15) is 0 Å². The SMILES string of the molecule is O=C(COc1ccc(Br)cc1Br)NNC(=O)C1CCC(C(=O)NNC(=O)COc2ccc(Br)cc2Br)CC1. The van der Waals surface area contributed by atoms with Gasteiger partial charge in [0.2, 0.25) is 11.8 Å². The molecule has 0 aliphatic heterocycles. The summed E-state index contributed by atoms with van der Waals surface area (Å²) in [6.07, 6.45) is 1.88. The summed E-state index contributed by atoms with van der Waals surface area (Å²) in [5, 5.41) is 0. The quantitative estimate of drug-likeness (QED) is 0.296. The second-order valence-corrected chi connectivity index (χ2v) is 11.9. The summed E-state index contributed by atoms with van der Waals surface area (Å²) in [5.41, 5.74) is 9.52. The molecule has 0 unspecified atom stereocenters. The Bertz CT molecular complexity index is 1100. The van der Waals surface area contributed by atoms with Crippen LogP contribution in [0.5, 0.6) is 11.5 Å². The number of benzene rings is 2. The highest BCUT2D eigenvalue weighted by Crippen LogP contribution is 2.30. The Morgan fingerprint density at radius 3 is 1.34 bits per heavy atom. The molecule has 0 radical (unpaired) electrons. The van der Waals surface area contributed by atoms with Gasteiger partial charge in [-0.1, -0.05) is 31.9 Å². The van der Waals surface area contributed by atoms with Crippen molar-refractivity contribution in [2.45, 2.75) is 25.7 Å². The summed E-state index contributed by atoms with van der Waals surface area (Å²) in [4.78, 5) is 48.9. The number of nitrogens with one attached hydrogen (secondary N) is 4. The first kappa shape index (κ1) is 30.4. The molecule has 0 saturated heterocycles. The molecule has 2 aromatic carbocycles. The van der Waals surface area contributed by atoms with Gasteiger partial charge in [0.25, 0.3) is 11.8 Å². The molecule has 0 bridgehead atoms. The summed E-state index contributed by atoms with van der Waals surface area (Å²) in [6, 6.07) is 10.6. The fraction of sp³-hybridized carbons (Fsp3) is 0.333. The first-order valence-electron chi connectivity index (χ1n) is 11.5. The maximum atomic E-state index is 12.4. The normalized spacial score (nSPS) is 16.6. The molecule has 14 heteroatoms. The zero-order valence-corrected chi connectivity index (χ0v) is 26.2. The molecule has 2 aromatic rings. The Morgan fingerprint density at radius 2 is 1.00 bits per heavy atom. The molecule has 4 N–H and O–H groups in total. The Kier molecular flexibility index (Phi) is 11.9. The topological polar surface area (TPSA) is 135 Å². The van der Waals surface area contributed by atoms with E-state index in [0.29, 0.717) is 46.1 Å². The lowest BCUT2D eigenvalue weighted by Crippen LogP contribution is -2.48. The van der Waals surface area contributed by atoms with Crippen LogP contribution in [0.15, 0.2) is 54.3 Å². The molecule has 0 atom stereocenters. The van der Waals surface area contributed by atoms with Crippen molar-refractivity contribution >= 4 is 87.3 Å². The van der Waals surface area contributed by atoms with E-state index in [0.717, 1.165) is 8.95 Å². The highest BCUT2D eigenvalue weighted by molar-refractivity contribution is 9.11. The third-order valence-electron chi connectivity index (χ3n) is 5.62. The molecule has 0 aromatic heterocycles. The van der Waals surface area contributed by atoms with Gasteiger partial charge in [0.1, 0.15) is 11.5 Å². The van der Waals surface area contributed by atoms with Gasteiger partial charge in [-0.15, -0.1) is 0 Å². The van der Waals surface area contributed by atoms with E-state index in [1.807, 2.05) is 0 Å². The minimum atomic E-state index is -0.506. The van der Waals surface area contributed by atoms with Crippen molar-refractivity contribution in [2.75, 3.05) is 13.2 Å². The van der Waals surface area contributed by atoms with Crippen molar-refractivity contribution in [3.8, 4) is 11.5 Å².